The van der Waals surface area contributed by atoms with Crippen molar-refractivity contribution in [2.45, 2.75) is 25.1 Å². The third-order valence-electron chi connectivity index (χ3n) is 2.99. The molecule has 1 aliphatic rings. The topological polar surface area (TPSA) is 38.3 Å². The van der Waals surface area contributed by atoms with Gasteiger partial charge in [-0.3, -0.25) is 0 Å². The van der Waals surface area contributed by atoms with Gasteiger partial charge in [-0.05, 0) is 44.1 Å². The van der Waals surface area contributed by atoms with Gasteiger partial charge in [0.15, 0.2) is 0 Å². The summed E-state index contributed by atoms with van der Waals surface area (Å²) in [7, 11) is 0. The fraction of sp³-hybridized carbons (Fsp3) is 0.462. The van der Waals surface area contributed by atoms with E-state index < -0.39 is 17.7 Å². The van der Waals surface area contributed by atoms with Crippen molar-refractivity contribution in [3.05, 3.63) is 35.4 Å². The van der Waals surface area contributed by atoms with Crippen LogP contribution in [-0.4, -0.2) is 25.2 Å². The van der Waals surface area contributed by atoms with Crippen molar-refractivity contribution < 1.29 is 22.7 Å². The van der Waals surface area contributed by atoms with Crippen LogP contribution >= 0.6 is 0 Å². The largest absolute Gasteiger partial charge is 0.459 e. The van der Waals surface area contributed by atoms with Crippen LogP contribution in [0.15, 0.2) is 24.3 Å². The first-order chi connectivity index (χ1) is 8.97. The van der Waals surface area contributed by atoms with E-state index in [0.717, 1.165) is 25.2 Å². The molecule has 0 saturated carbocycles. The van der Waals surface area contributed by atoms with Gasteiger partial charge in [-0.25, -0.2) is 4.79 Å². The zero-order chi connectivity index (χ0) is 13.9. The van der Waals surface area contributed by atoms with Gasteiger partial charge in [0, 0.05) is 0 Å². The van der Waals surface area contributed by atoms with Gasteiger partial charge in [0.2, 0.25) is 0 Å². The van der Waals surface area contributed by atoms with Gasteiger partial charge in [0.25, 0.3) is 0 Å². The van der Waals surface area contributed by atoms with Crippen molar-refractivity contribution in [1.29, 1.82) is 0 Å². The molecule has 0 aliphatic carbocycles. The van der Waals surface area contributed by atoms with Gasteiger partial charge >= 0.3 is 12.1 Å². The van der Waals surface area contributed by atoms with Gasteiger partial charge in [-0.2, -0.15) is 13.2 Å². The Hall–Kier alpha value is -1.56. The number of carbonyl (C=O) groups excluding carboxylic acids is 1. The van der Waals surface area contributed by atoms with Crippen molar-refractivity contribution in [3.8, 4) is 0 Å². The molecule has 0 radical (unpaired) electrons. The number of hydrogen-bond donors (Lipinski definition) is 1. The standard InChI is InChI=1S/C13H14F3NO2/c14-13(15,16)10-3-1-2-9(8-10)12(18)19-11-4-6-17-7-5-11/h1-3,8,11,17H,4-7H2. The quantitative estimate of drug-likeness (QED) is 0.842. The number of halogens is 3. The molecule has 0 spiro atoms. The normalized spacial score (nSPS) is 17.2. The first-order valence-corrected chi connectivity index (χ1v) is 6.06. The second-order valence-electron chi connectivity index (χ2n) is 4.43. The molecule has 0 atom stereocenters. The van der Waals surface area contributed by atoms with Crippen molar-refractivity contribution in [3.63, 3.8) is 0 Å². The lowest BCUT2D eigenvalue weighted by molar-refractivity contribution is -0.137. The van der Waals surface area contributed by atoms with E-state index in [1.807, 2.05) is 0 Å². The van der Waals surface area contributed by atoms with Gasteiger partial charge in [0.1, 0.15) is 6.10 Å². The Morgan fingerprint density at radius 2 is 1.95 bits per heavy atom. The molecule has 1 N–H and O–H groups in total. The number of carbonyl (C=O) groups is 1. The van der Waals surface area contributed by atoms with E-state index in [4.69, 9.17) is 4.74 Å². The van der Waals surface area contributed by atoms with E-state index in [2.05, 4.69) is 5.32 Å². The first kappa shape index (κ1) is 13.9. The van der Waals surface area contributed by atoms with Crippen LogP contribution < -0.4 is 5.32 Å². The Labute approximate surface area is 108 Å². The third-order valence-corrected chi connectivity index (χ3v) is 2.99. The summed E-state index contributed by atoms with van der Waals surface area (Å²) < 4.78 is 42.8. The Kier molecular flexibility index (Phi) is 4.09. The van der Waals surface area contributed by atoms with Crippen molar-refractivity contribution >= 4 is 5.97 Å². The monoisotopic (exact) mass is 273 g/mol. The Bertz CT molecular complexity index is 453. The Balaban J connectivity index is 2.06. The molecule has 1 aliphatic heterocycles. The highest BCUT2D eigenvalue weighted by molar-refractivity contribution is 5.89. The average molecular weight is 273 g/mol. The van der Waals surface area contributed by atoms with Crippen molar-refractivity contribution in [1.82, 2.24) is 5.32 Å². The summed E-state index contributed by atoms with van der Waals surface area (Å²) in [6.45, 7) is 1.50. The van der Waals surface area contributed by atoms with Gasteiger partial charge < -0.3 is 10.1 Å². The maximum Gasteiger partial charge on any atom is 0.416 e. The number of nitrogens with one attached hydrogen (secondary N) is 1. The SMILES string of the molecule is O=C(OC1CCNCC1)c1cccc(C(F)(F)F)c1. The van der Waals surface area contributed by atoms with Gasteiger partial charge in [-0.15, -0.1) is 0 Å². The molecule has 1 saturated heterocycles. The molecule has 19 heavy (non-hydrogen) atoms. The molecule has 0 bridgehead atoms. The van der Waals surface area contributed by atoms with E-state index >= 15 is 0 Å². The third kappa shape index (κ3) is 3.70. The predicted molar refractivity (Wildman–Crippen MR) is 62.8 cm³/mol. The van der Waals surface area contributed by atoms with Crippen LogP contribution in [-0.2, 0) is 10.9 Å². The number of alkyl halides is 3. The summed E-state index contributed by atoms with van der Waals surface area (Å²) in [6.07, 6.45) is -3.30. The van der Waals surface area contributed by atoms with Crippen LogP contribution in [0.25, 0.3) is 0 Å². The van der Waals surface area contributed by atoms with Crippen molar-refractivity contribution in [2.24, 2.45) is 0 Å². The van der Waals surface area contributed by atoms with Gasteiger partial charge in [-0.1, -0.05) is 6.07 Å². The molecule has 6 heteroatoms. The summed E-state index contributed by atoms with van der Waals surface area (Å²) in [6, 6.07) is 4.30. The van der Waals surface area contributed by atoms with Crippen molar-refractivity contribution in [2.75, 3.05) is 13.1 Å². The lowest BCUT2D eigenvalue weighted by Gasteiger charge is -2.22. The van der Waals surface area contributed by atoms with E-state index in [1.54, 1.807) is 0 Å². The number of rotatable bonds is 2. The molecule has 0 unspecified atom stereocenters. The lowest BCUT2D eigenvalue weighted by atomic mass is 10.1. The number of piperidine rings is 1. The molecule has 1 aromatic carbocycles. The fourth-order valence-corrected chi connectivity index (χ4v) is 1.96. The van der Waals surface area contributed by atoms with Crippen LogP contribution in [0.3, 0.4) is 0 Å². The number of hydrogen-bond acceptors (Lipinski definition) is 3. The minimum absolute atomic E-state index is 0.0617. The smallest absolute Gasteiger partial charge is 0.416 e. The van der Waals surface area contributed by atoms with E-state index in [-0.39, 0.29) is 11.7 Å². The molecule has 1 heterocycles. The second-order valence-corrected chi connectivity index (χ2v) is 4.43. The van der Waals surface area contributed by atoms with Crippen LogP contribution in [0.5, 0.6) is 0 Å². The summed E-state index contributed by atoms with van der Waals surface area (Å²) in [5.41, 5.74) is -0.902. The molecule has 3 nitrogen and oxygen atoms in total. The first-order valence-electron chi connectivity index (χ1n) is 6.06. The molecular formula is C13H14F3NO2. The molecule has 1 fully saturated rings. The fourth-order valence-electron chi connectivity index (χ4n) is 1.96. The molecule has 2 rings (SSSR count). The van der Waals surface area contributed by atoms with Crippen LogP contribution in [0.4, 0.5) is 13.2 Å². The lowest BCUT2D eigenvalue weighted by Crippen LogP contribution is -2.33. The molecule has 0 amide bonds. The average Bonchev–Trinajstić information content (AvgIpc) is 2.39. The van der Waals surface area contributed by atoms with Crippen LogP contribution in [0.2, 0.25) is 0 Å². The highest BCUT2D eigenvalue weighted by Crippen LogP contribution is 2.29. The number of esters is 1. The number of ether oxygens (including phenoxy) is 1. The maximum atomic E-state index is 12.5. The zero-order valence-corrected chi connectivity index (χ0v) is 10.2. The maximum absolute atomic E-state index is 12.5. The summed E-state index contributed by atoms with van der Waals surface area (Å²) in [5.74, 6) is -0.696. The highest BCUT2D eigenvalue weighted by Gasteiger charge is 2.31. The van der Waals surface area contributed by atoms with Crippen LogP contribution in [0.1, 0.15) is 28.8 Å². The molecule has 1 aromatic rings. The summed E-state index contributed by atoms with van der Waals surface area (Å²) in [5, 5.41) is 3.12. The highest BCUT2D eigenvalue weighted by atomic mass is 19.4. The van der Waals surface area contributed by atoms with Gasteiger partial charge in [0.05, 0.1) is 11.1 Å². The minimum Gasteiger partial charge on any atom is -0.459 e. The molecule has 104 valence electrons. The Morgan fingerprint density at radius 1 is 1.26 bits per heavy atom. The minimum atomic E-state index is -4.45. The Morgan fingerprint density at radius 3 is 2.58 bits per heavy atom. The van der Waals surface area contributed by atoms with E-state index in [1.165, 1.54) is 12.1 Å². The zero-order valence-electron chi connectivity index (χ0n) is 10.2. The van der Waals surface area contributed by atoms with E-state index in [0.29, 0.717) is 12.8 Å². The molecule has 0 aromatic heterocycles. The summed E-state index contributed by atoms with van der Waals surface area (Å²) >= 11 is 0. The predicted octanol–water partition coefficient (Wildman–Crippen LogP) is 2.61. The molecular weight excluding hydrogens is 259 g/mol. The van der Waals surface area contributed by atoms with Crippen LogP contribution in [0, 0.1) is 0 Å². The summed E-state index contributed by atoms with van der Waals surface area (Å²) in [4.78, 5) is 11.8. The number of benzene rings is 1. The second kappa shape index (κ2) is 5.61. The van der Waals surface area contributed by atoms with E-state index in [9.17, 15) is 18.0 Å².